The zero-order valence-corrected chi connectivity index (χ0v) is 30.7. The summed E-state index contributed by atoms with van der Waals surface area (Å²) in [5.41, 5.74) is 5.44. The molecule has 1 amide bonds. The molecule has 0 N–H and O–H groups in total. The van der Waals surface area contributed by atoms with Gasteiger partial charge in [0.2, 0.25) is 6.41 Å². The van der Waals surface area contributed by atoms with E-state index in [9.17, 15) is 9.59 Å². The van der Waals surface area contributed by atoms with Crippen molar-refractivity contribution in [2.45, 2.75) is 71.9 Å². The fraction of sp³-hybridized carbons (Fsp3) is 0.410. The van der Waals surface area contributed by atoms with Crippen molar-refractivity contribution in [3.8, 4) is 17.2 Å². The molecular weight excluding hydrogens is 660 g/mol. The minimum Gasteiger partial charge on any atom is -0.497 e. The number of hydrogen-bond acceptors (Lipinski definition) is 9. The molecule has 0 bridgehead atoms. The number of anilines is 1. The van der Waals surface area contributed by atoms with Crippen LogP contribution in [0.2, 0.25) is 5.02 Å². The normalized spacial score (nSPS) is 12.7. The average Bonchev–Trinajstić information content (AvgIpc) is 3.91. The molecule has 1 aliphatic rings. The molecule has 0 radical (unpaired) electrons. The lowest BCUT2D eigenvalue weighted by atomic mass is 9.92. The number of halogens is 1. The number of nitrogens with zero attached hydrogens (tertiary/aromatic N) is 2. The van der Waals surface area contributed by atoms with Crippen LogP contribution >= 0.6 is 11.6 Å². The molecule has 1 fully saturated rings. The van der Waals surface area contributed by atoms with E-state index in [-0.39, 0.29) is 5.97 Å². The van der Waals surface area contributed by atoms with Crippen molar-refractivity contribution >= 4 is 29.7 Å². The van der Waals surface area contributed by atoms with E-state index in [0.29, 0.717) is 60.9 Å². The Morgan fingerprint density at radius 1 is 0.980 bits per heavy atom. The molecule has 11 heteroatoms. The largest absolute Gasteiger partial charge is 0.497 e. The first-order valence-corrected chi connectivity index (χ1v) is 17.1. The number of amides is 1. The van der Waals surface area contributed by atoms with Gasteiger partial charge in [-0.25, -0.2) is 4.98 Å². The lowest BCUT2D eigenvalue weighted by molar-refractivity contribution is -0.143. The molecule has 10 nitrogen and oxygen atoms in total. The van der Waals surface area contributed by atoms with Crippen molar-refractivity contribution in [2.24, 2.45) is 0 Å². The quantitative estimate of drug-likeness (QED) is 0.0839. The third kappa shape index (κ3) is 9.79. The molecule has 0 spiro atoms. The number of oxazole rings is 1. The van der Waals surface area contributed by atoms with Crippen LogP contribution in [0, 0.1) is 13.8 Å². The molecule has 1 aliphatic carbocycles. The average molecular weight is 707 g/mol. The second-order valence-electron chi connectivity index (χ2n) is 11.7. The first kappa shape index (κ1) is 38.3. The van der Waals surface area contributed by atoms with E-state index in [2.05, 4.69) is 11.1 Å². The molecule has 5 rings (SSSR count). The van der Waals surface area contributed by atoms with Crippen molar-refractivity contribution < 1.29 is 37.7 Å². The first-order chi connectivity index (χ1) is 24.2. The highest BCUT2D eigenvalue weighted by molar-refractivity contribution is 6.30. The Morgan fingerprint density at radius 2 is 1.74 bits per heavy atom. The summed E-state index contributed by atoms with van der Waals surface area (Å²) in [6.07, 6.45) is 3.55. The zero-order chi connectivity index (χ0) is 36.2. The molecule has 1 atom stereocenters. The van der Waals surface area contributed by atoms with Gasteiger partial charge in [0.1, 0.15) is 29.1 Å². The van der Waals surface area contributed by atoms with E-state index in [1.165, 1.54) is 5.56 Å². The topological polar surface area (TPSA) is 110 Å². The number of aryl methyl sites for hydroxylation is 3. The highest BCUT2D eigenvalue weighted by Gasteiger charge is 2.33. The van der Waals surface area contributed by atoms with Gasteiger partial charge in [0.05, 0.1) is 46.6 Å². The van der Waals surface area contributed by atoms with E-state index in [0.717, 1.165) is 58.8 Å². The van der Waals surface area contributed by atoms with E-state index < -0.39 is 6.10 Å². The molecule has 0 saturated heterocycles. The summed E-state index contributed by atoms with van der Waals surface area (Å²) >= 11 is 6.49. The summed E-state index contributed by atoms with van der Waals surface area (Å²) in [5.74, 6) is 3.84. The van der Waals surface area contributed by atoms with E-state index >= 15 is 0 Å². The maximum atomic E-state index is 12.4. The van der Waals surface area contributed by atoms with Crippen LogP contribution in [0.25, 0.3) is 0 Å². The van der Waals surface area contributed by atoms with Gasteiger partial charge in [-0.1, -0.05) is 23.7 Å². The fourth-order valence-electron chi connectivity index (χ4n) is 5.89. The second kappa shape index (κ2) is 18.5. The number of esters is 1. The van der Waals surface area contributed by atoms with E-state index in [1.54, 1.807) is 46.1 Å². The van der Waals surface area contributed by atoms with Crippen molar-refractivity contribution in [1.29, 1.82) is 0 Å². The monoisotopic (exact) mass is 706 g/mol. The summed E-state index contributed by atoms with van der Waals surface area (Å²) in [6, 6.07) is 17.2. The van der Waals surface area contributed by atoms with Gasteiger partial charge in [0.15, 0.2) is 5.89 Å². The van der Waals surface area contributed by atoms with Crippen LogP contribution in [-0.4, -0.2) is 51.9 Å². The molecule has 50 heavy (non-hydrogen) atoms. The van der Waals surface area contributed by atoms with Gasteiger partial charge in [0.25, 0.3) is 0 Å². The van der Waals surface area contributed by atoms with E-state index in [1.807, 2.05) is 56.3 Å². The molecule has 1 saturated carbocycles. The Labute approximate surface area is 299 Å². The van der Waals surface area contributed by atoms with Crippen molar-refractivity contribution in [1.82, 2.24) is 4.98 Å². The number of carbonyl (C=O) groups is 2. The lowest BCUT2D eigenvalue weighted by Gasteiger charge is -2.28. The van der Waals surface area contributed by atoms with Crippen LogP contribution in [0.15, 0.2) is 59.0 Å². The van der Waals surface area contributed by atoms with Crippen molar-refractivity contribution in [3.63, 3.8) is 0 Å². The van der Waals surface area contributed by atoms with Gasteiger partial charge < -0.3 is 33.0 Å². The number of hydrogen-bond donors (Lipinski definition) is 0. The first-order valence-electron chi connectivity index (χ1n) is 16.8. The van der Waals surface area contributed by atoms with Crippen LogP contribution in [0.5, 0.6) is 17.2 Å². The number of aromatic nitrogens is 1. The fourth-order valence-corrected chi connectivity index (χ4v) is 6.07. The number of benzene rings is 3. The Balaban J connectivity index is 0.000000337. The smallest absolute Gasteiger partial charge is 0.306 e. The molecule has 3 aromatic carbocycles. The zero-order valence-electron chi connectivity index (χ0n) is 29.9. The maximum Gasteiger partial charge on any atom is 0.306 e. The molecular formula is C39H47ClN2O8. The molecule has 4 aromatic rings. The van der Waals surface area contributed by atoms with Gasteiger partial charge in [0, 0.05) is 53.4 Å². The summed E-state index contributed by atoms with van der Waals surface area (Å²) in [6.45, 7) is 8.64. The standard InChI is InChI=1S/C29H32ClNO5.C10H15NO3/c1-5-36-29(23-7-6-8-26(34-3)28(23)19-9-10-19)24-15-21(30)12-14-25(24)31(18-32)17-20-11-13-22(33-2)16-27(20)35-4;1-4-13-10(12)6-5-9-7(2)11-8(3)14-9/h6-8,11-16,18-19,29H,5,9-10,17H2,1-4H3;4-6H2,1-3H3/t29-;/m1./s1. The molecule has 268 valence electrons. The minimum atomic E-state index is -0.422. The highest BCUT2D eigenvalue weighted by atomic mass is 35.5. The molecule has 0 aliphatic heterocycles. The number of carbonyl (C=O) groups excluding carboxylic acids is 2. The Bertz CT molecular complexity index is 1740. The van der Waals surface area contributed by atoms with Gasteiger partial charge in [-0.05, 0) is 81.5 Å². The van der Waals surface area contributed by atoms with Gasteiger partial charge >= 0.3 is 5.97 Å². The van der Waals surface area contributed by atoms with Gasteiger partial charge in [-0.15, -0.1) is 0 Å². The molecule has 0 unspecified atom stereocenters. The Morgan fingerprint density at radius 3 is 2.34 bits per heavy atom. The van der Waals surface area contributed by atoms with Crippen molar-refractivity contribution in [2.75, 3.05) is 39.4 Å². The molecule has 1 heterocycles. The summed E-state index contributed by atoms with van der Waals surface area (Å²) in [7, 11) is 4.90. The van der Waals surface area contributed by atoms with Crippen LogP contribution in [0.3, 0.4) is 0 Å². The lowest BCUT2D eigenvalue weighted by Crippen LogP contribution is -2.24. The number of rotatable bonds is 16. The van der Waals surface area contributed by atoms with Crippen LogP contribution in [-0.2, 0) is 32.0 Å². The third-order valence-electron chi connectivity index (χ3n) is 8.33. The van der Waals surface area contributed by atoms with Crippen LogP contribution in [0.1, 0.15) is 84.7 Å². The van der Waals surface area contributed by atoms with Gasteiger partial charge in [-0.3, -0.25) is 9.59 Å². The number of ether oxygens (including phenoxy) is 5. The molecule has 1 aromatic heterocycles. The highest BCUT2D eigenvalue weighted by Crippen LogP contribution is 2.49. The summed E-state index contributed by atoms with van der Waals surface area (Å²) in [4.78, 5) is 29.3. The third-order valence-corrected chi connectivity index (χ3v) is 8.56. The minimum absolute atomic E-state index is 0.194. The van der Waals surface area contributed by atoms with Crippen LogP contribution < -0.4 is 19.1 Å². The number of methoxy groups -OCH3 is 3. The second-order valence-corrected chi connectivity index (χ2v) is 12.2. The maximum absolute atomic E-state index is 12.4. The van der Waals surface area contributed by atoms with E-state index in [4.69, 9.17) is 39.7 Å². The Hall–Kier alpha value is -4.54. The predicted molar refractivity (Wildman–Crippen MR) is 193 cm³/mol. The van der Waals surface area contributed by atoms with Crippen molar-refractivity contribution in [3.05, 3.63) is 99.2 Å². The predicted octanol–water partition coefficient (Wildman–Crippen LogP) is 8.32. The Kier molecular flexibility index (Phi) is 14.1. The van der Waals surface area contributed by atoms with Crippen LogP contribution in [0.4, 0.5) is 5.69 Å². The van der Waals surface area contributed by atoms with Gasteiger partial charge in [-0.2, -0.15) is 0 Å². The summed E-state index contributed by atoms with van der Waals surface area (Å²) < 4.78 is 33.1. The SMILES string of the molecule is CCOC(=O)CCc1oc(C)nc1C.CCO[C@@H](c1cc(Cl)ccc1N(C=O)Cc1ccc(OC)cc1OC)c1cccc(OC)c1C1CC1. The summed E-state index contributed by atoms with van der Waals surface area (Å²) in [5, 5.41) is 0.571.